The molecular formula is C22H14INO. The highest BCUT2D eigenvalue weighted by Crippen LogP contribution is 2.41. The largest absolute Gasteiger partial charge is 0.454 e. The molecule has 1 heterocycles. The zero-order valence-corrected chi connectivity index (χ0v) is 15.5. The van der Waals surface area contributed by atoms with Crippen molar-refractivity contribution in [3.63, 3.8) is 0 Å². The van der Waals surface area contributed by atoms with Crippen LogP contribution < -0.4 is 3.11 Å². The van der Waals surface area contributed by atoms with E-state index < -0.39 is 0 Å². The van der Waals surface area contributed by atoms with Crippen molar-refractivity contribution in [2.24, 2.45) is 0 Å². The minimum absolute atomic E-state index is 0.922. The van der Waals surface area contributed by atoms with Crippen molar-refractivity contribution in [1.82, 2.24) is 0 Å². The van der Waals surface area contributed by atoms with Crippen molar-refractivity contribution in [3.8, 4) is 0 Å². The molecule has 0 aliphatic heterocycles. The van der Waals surface area contributed by atoms with E-state index in [1.54, 1.807) is 0 Å². The predicted octanol–water partition coefficient (Wildman–Crippen LogP) is 7.23. The van der Waals surface area contributed by atoms with Gasteiger partial charge < -0.3 is 4.42 Å². The number of halogens is 1. The van der Waals surface area contributed by atoms with Crippen molar-refractivity contribution in [3.05, 3.63) is 84.9 Å². The number of nitrogens with zero attached hydrogens (tertiary/aromatic N) is 1. The molecule has 0 saturated heterocycles. The third-order valence-electron chi connectivity index (χ3n) is 4.57. The van der Waals surface area contributed by atoms with Gasteiger partial charge in [-0.3, -0.25) is 3.11 Å². The van der Waals surface area contributed by atoms with Crippen LogP contribution in [0.5, 0.6) is 0 Å². The average Bonchev–Trinajstić information content (AvgIpc) is 3.06. The van der Waals surface area contributed by atoms with Crippen molar-refractivity contribution in [2.75, 3.05) is 3.11 Å². The second-order valence-corrected chi connectivity index (χ2v) is 7.00. The number of fused-ring (bicyclic) bond motifs is 4. The quantitative estimate of drug-likeness (QED) is 0.215. The van der Waals surface area contributed by atoms with Crippen molar-refractivity contribution in [1.29, 1.82) is 0 Å². The zero-order valence-electron chi connectivity index (χ0n) is 13.3. The second-order valence-electron chi connectivity index (χ2n) is 6.03. The Balaban J connectivity index is 1.77. The summed E-state index contributed by atoms with van der Waals surface area (Å²) in [5.74, 6) is 0. The topological polar surface area (TPSA) is 16.4 Å². The highest BCUT2D eigenvalue weighted by molar-refractivity contribution is 14.1. The molecule has 25 heavy (non-hydrogen) atoms. The second kappa shape index (κ2) is 5.77. The number of hydrogen-bond donors (Lipinski definition) is 0. The maximum Gasteiger partial charge on any atom is 0.159 e. The molecule has 0 radical (unpaired) electrons. The molecule has 0 atom stereocenters. The molecule has 4 aromatic carbocycles. The molecule has 0 spiro atoms. The molecular weight excluding hydrogens is 421 g/mol. The van der Waals surface area contributed by atoms with Crippen LogP contribution in [0.4, 0.5) is 11.4 Å². The minimum atomic E-state index is 0.922. The Morgan fingerprint density at radius 2 is 1.24 bits per heavy atom. The summed E-state index contributed by atoms with van der Waals surface area (Å²) in [7, 11) is 0. The lowest BCUT2D eigenvalue weighted by molar-refractivity contribution is 0.670. The summed E-state index contributed by atoms with van der Waals surface area (Å²) in [6.45, 7) is 0. The lowest BCUT2D eigenvalue weighted by Gasteiger charge is -2.19. The normalized spacial score (nSPS) is 11.4. The summed E-state index contributed by atoms with van der Waals surface area (Å²) in [6, 6.07) is 29.4. The van der Waals surface area contributed by atoms with Crippen molar-refractivity contribution >= 4 is 67.0 Å². The summed E-state index contributed by atoms with van der Waals surface area (Å²) in [5, 5.41) is 4.77. The fourth-order valence-electron chi connectivity index (χ4n) is 3.40. The van der Waals surface area contributed by atoms with E-state index in [-0.39, 0.29) is 0 Å². The standard InChI is InChI=1S/C22H14INO/c23-24(19-12-5-8-15-7-1-2-9-16(15)19)20-13-6-11-18-17-10-3-4-14-21(17)25-22(18)20/h1-14H. The van der Waals surface area contributed by atoms with E-state index in [1.165, 1.54) is 10.8 Å². The van der Waals surface area contributed by atoms with E-state index in [9.17, 15) is 0 Å². The lowest BCUT2D eigenvalue weighted by atomic mass is 10.1. The number of anilines is 2. The van der Waals surface area contributed by atoms with Gasteiger partial charge in [-0.2, -0.15) is 0 Å². The average molecular weight is 435 g/mol. The van der Waals surface area contributed by atoms with Gasteiger partial charge in [0.15, 0.2) is 5.58 Å². The van der Waals surface area contributed by atoms with Gasteiger partial charge in [0.05, 0.1) is 34.2 Å². The highest BCUT2D eigenvalue weighted by Gasteiger charge is 2.16. The van der Waals surface area contributed by atoms with Gasteiger partial charge in [-0.15, -0.1) is 0 Å². The molecule has 3 heteroatoms. The first kappa shape index (κ1) is 14.8. The molecule has 0 fully saturated rings. The monoisotopic (exact) mass is 435 g/mol. The summed E-state index contributed by atoms with van der Waals surface area (Å²) in [4.78, 5) is 0. The Morgan fingerprint density at radius 1 is 0.600 bits per heavy atom. The molecule has 5 rings (SSSR count). The first-order valence-electron chi connectivity index (χ1n) is 8.17. The molecule has 0 aliphatic rings. The van der Waals surface area contributed by atoms with E-state index in [4.69, 9.17) is 4.42 Å². The van der Waals surface area contributed by atoms with Crippen LogP contribution in [0.3, 0.4) is 0 Å². The Bertz CT molecular complexity index is 1220. The fraction of sp³-hybridized carbons (Fsp3) is 0. The number of hydrogen-bond acceptors (Lipinski definition) is 2. The molecule has 0 amide bonds. The fourth-order valence-corrected chi connectivity index (χ4v) is 4.20. The van der Waals surface area contributed by atoms with Gasteiger partial charge in [0.2, 0.25) is 0 Å². The van der Waals surface area contributed by atoms with Crippen LogP contribution in [0.15, 0.2) is 89.3 Å². The summed E-state index contributed by atoms with van der Waals surface area (Å²) in [5.41, 5.74) is 4.07. The van der Waals surface area contributed by atoms with Crippen LogP contribution in [-0.4, -0.2) is 0 Å². The van der Waals surface area contributed by atoms with Gasteiger partial charge in [0, 0.05) is 16.2 Å². The Hall–Kier alpha value is -2.53. The first-order valence-corrected chi connectivity index (χ1v) is 9.13. The van der Waals surface area contributed by atoms with Crippen LogP contribution in [0, 0.1) is 0 Å². The number of para-hydroxylation sites is 2. The van der Waals surface area contributed by atoms with Crippen LogP contribution in [0.1, 0.15) is 0 Å². The predicted molar refractivity (Wildman–Crippen MR) is 114 cm³/mol. The van der Waals surface area contributed by atoms with Gasteiger partial charge in [-0.05, 0) is 23.6 Å². The summed E-state index contributed by atoms with van der Waals surface area (Å²) in [6.07, 6.45) is 0. The number of benzene rings is 4. The first-order chi connectivity index (χ1) is 12.3. The summed E-state index contributed by atoms with van der Waals surface area (Å²) < 4.78 is 8.38. The molecule has 1 aromatic heterocycles. The molecule has 5 aromatic rings. The Labute approximate surface area is 159 Å². The zero-order chi connectivity index (χ0) is 16.8. The van der Waals surface area contributed by atoms with Crippen molar-refractivity contribution in [2.45, 2.75) is 0 Å². The third-order valence-corrected chi connectivity index (χ3v) is 5.61. The smallest absolute Gasteiger partial charge is 0.159 e. The maximum atomic E-state index is 6.19. The van der Waals surface area contributed by atoms with E-state index in [1.807, 2.05) is 12.1 Å². The van der Waals surface area contributed by atoms with Crippen LogP contribution >= 0.6 is 22.9 Å². The van der Waals surface area contributed by atoms with E-state index >= 15 is 0 Å². The van der Waals surface area contributed by atoms with E-state index in [2.05, 4.69) is 98.8 Å². The van der Waals surface area contributed by atoms with Gasteiger partial charge in [0.25, 0.3) is 0 Å². The van der Waals surface area contributed by atoms with E-state index in [0.29, 0.717) is 0 Å². The van der Waals surface area contributed by atoms with Crippen molar-refractivity contribution < 1.29 is 4.42 Å². The molecule has 0 N–H and O–H groups in total. The van der Waals surface area contributed by atoms with Gasteiger partial charge in [0.1, 0.15) is 5.58 Å². The SMILES string of the molecule is IN(c1cccc2ccccc12)c1cccc2c1oc1ccccc12. The number of rotatable bonds is 2. The van der Waals surface area contributed by atoms with E-state index in [0.717, 1.165) is 33.3 Å². The highest BCUT2D eigenvalue weighted by atomic mass is 127. The number of furan rings is 1. The molecule has 0 saturated carbocycles. The van der Waals surface area contributed by atoms with Crippen LogP contribution in [0.25, 0.3) is 32.7 Å². The van der Waals surface area contributed by atoms with Crippen LogP contribution in [-0.2, 0) is 0 Å². The Kier molecular flexibility index (Phi) is 3.41. The van der Waals surface area contributed by atoms with Gasteiger partial charge in [-0.1, -0.05) is 66.7 Å². The lowest BCUT2D eigenvalue weighted by Crippen LogP contribution is -2.01. The minimum Gasteiger partial charge on any atom is -0.454 e. The Morgan fingerprint density at radius 3 is 2.16 bits per heavy atom. The molecule has 2 nitrogen and oxygen atoms in total. The molecule has 0 aliphatic carbocycles. The maximum absolute atomic E-state index is 6.19. The molecule has 0 unspecified atom stereocenters. The molecule has 0 bridgehead atoms. The summed E-state index contributed by atoms with van der Waals surface area (Å²) >= 11 is 2.37. The van der Waals surface area contributed by atoms with Gasteiger partial charge >= 0.3 is 0 Å². The van der Waals surface area contributed by atoms with Gasteiger partial charge in [-0.25, -0.2) is 0 Å². The third kappa shape index (κ3) is 2.30. The van der Waals surface area contributed by atoms with Crippen LogP contribution in [0.2, 0.25) is 0 Å². The molecule has 120 valence electrons.